The Morgan fingerprint density at radius 1 is 1.04 bits per heavy atom. The molecule has 0 saturated carbocycles. The molecule has 1 amide bonds. The van der Waals surface area contributed by atoms with Crippen LogP contribution in [0.15, 0.2) is 52.4 Å². The van der Waals surface area contributed by atoms with Crippen LogP contribution in [0.3, 0.4) is 0 Å². The Hall–Kier alpha value is -2.02. The number of hydrogen-bond donors (Lipinski definition) is 0. The number of aliphatic imine (C=N–C) groups is 1. The number of hydrogen-bond acceptors (Lipinski definition) is 4. The molecule has 0 N–H and O–H groups in total. The molecule has 144 valence electrons. The van der Waals surface area contributed by atoms with E-state index >= 15 is 0 Å². The zero-order valence-corrected chi connectivity index (χ0v) is 17.1. The molecule has 1 fully saturated rings. The van der Waals surface area contributed by atoms with E-state index in [-0.39, 0.29) is 11.7 Å². The fourth-order valence-electron chi connectivity index (χ4n) is 3.14. The van der Waals surface area contributed by atoms with Gasteiger partial charge in [-0.05, 0) is 47.7 Å². The number of benzene rings is 2. The van der Waals surface area contributed by atoms with Crippen molar-refractivity contribution in [3.63, 3.8) is 0 Å². The first-order chi connectivity index (χ1) is 13.5. The van der Waals surface area contributed by atoms with E-state index in [4.69, 9.17) is 23.2 Å². The van der Waals surface area contributed by atoms with Crippen LogP contribution in [0, 0.1) is 5.82 Å². The number of thioether (sulfide) groups is 1. The first kappa shape index (κ1) is 19.3. The predicted molar refractivity (Wildman–Crippen MR) is 115 cm³/mol. The molecule has 0 aliphatic carbocycles. The minimum Gasteiger partial charge on any atom is -0.366 e. The van der Waals surface area contributed by atoms with E-state index in [0.717, 1.165) is 5.56 Å². The van der Waals surface area contributed by atoms with Crippen molar-refractivity contribution in [3.8, 4) is 0 Å². The average molecular weight is 436 g/mol. The molecule has 8 heteroatoms. The van der Waals surface area contributed by atoms with Crippen molar-refractivity contribution in [1.82, 2.24) is 4.90 Å². The molecule has 1 saturated heterocycles. The summed E-state index contributed by atoms with van der Waals surface area (Å²) < 4.78 is 14.0. The van der Waals surface area contributed by atoms with Gasteiger partial charge in [0.2, 0.25) is 0 Å². The lowest BCUT2D eigenvalue weighted by molar-refractivity contribution is -0.113. The van der Waals surface area contributed by atoms with E-state index in [2.05, 4.69) is 9.89 Å². The summed E-state index contributed by atoms with van der Waals surface area (Å²) in [6.07, 6.45) is 1.73. The number of nitrogens with zero attached hydrogens (tertiary/aromatic N) is 3. The summed E-state index contributed by atoms with van der Waals surface area (Å²) >= 11 is 13.4. The number of carbonyl (C=O) groups excluding carboxylic acids is 1. The first-order valence-corrected chi connectivity index (χ1v) is 10.3. The zero-order valence-electron chi connectivity index (χ0n) is 14.7. The highest BCUT2D eigenvalue weighted by molar-refractivity contribution is 8.18. The SMILES string of the molecule is O=C1N=C(N2CCN(c3ccccc3F)CC2)S/C1=C\c1ccc(Cl)cc1Cl. The molecule has 0 unspecified atom stereocenters. The van der Waals surface area contributed by atoms with Crippen LogP contribution in [-0.4, -0.2) is 42.2 Å². The van der Waals surface area contributed by atoms with Gasteiger partial charge < -0.3 is 9.80 Å². The molecular weight excluding hydrogens is 420 g/mol. The van der Waals surface area contributed by atoms with Gasteiger partial charge in [-0.15, -0.1) is 0 Å². The summed E-state index contributed by atoms with van der Waals surface area (Å²) in [6, 6.07) is 11.9. The minimum atomic E-state index is -0.275. The molecule has 4 nitrogen and oxygen atoms in total. The second-order valence-corrected chi connectivity index (χ2v) is 8.25. The molecule has 2 heterocycles. The quantitative estimate of drug-likeness (QED) is 0.626. The van der Waals surface area contributed by atoms with Gasteiger partial charge in [-0.25, -0.2) is 4.39 Å². The van der Waals surface area contributed by atoms with Gasteiger partial charge in [-0.3, -0.25) is 4.79 Å². The number of piperazine rings is 1. The number of amides is 1. The van der Waals surface area contributed by atoms with Gasteiger partial charge >= 0.3 is 0 Å². The van der Waals surface area contributed by atoms with Gasteiger partial charge in [-0.1, -0.05) is 41.4 Å². The van der Waals surface area contributed by atoms with Gasteiger partial charge in [0, 0.05) is 36.2 Å². The largest absolute Gasteiger partial charge is 0.366 e. The zero-order chi connectivity index (χ0) is 19.7. The van der Waals surface area contributed by atoms with Crippen LogP contribution in [0.2, 0.25) is 10.0 Å². The van der Waals surface area contributed by atoms with Gasteiger partial charge in [0.25, 0.3) is 5.91 Å². The number of halogens is 3. The van der Waals surface area contributed by atoms with Crippen molar-refractivity contribution in [1.29, 1.82) is 0 Å². The molecule has 2 aliphatic rings. The first-order valence-electron chi connectivity index (χ1n) is 8.73. The third kappa shape index (κ3) is 4.04. The Labute approximate surface area is 176 Å². The molecule has 0 atom stereocenters. The Balaban J connectivity index is 1.43. The normalized spacial score (nSPS) is 18.8. The number of amidine groups is 1. The molecule has 0 bridgehead atoms. The Morgan fingerprint density at radius 3 is 2.46 bits per heavy atom. The minimum absolute atomic E-state index is 0.219. The number of para-hydroxylation sites is 1. The van der Waals surface area contributed by atoms with Crippen LogP contribution in [0.1, 0.15) is 5.56 Å². The van der Waals surface area contributed by atoms with Gasteiger partial charge in [-0.2, -0.15) is 4.99 Å². The summed E-state index contributed by atoms with van der Waals surface area (Å²) in [6.45, 7) is 2.67. The number of anilines is 1. The number of rotatable bonds is 2. The van der Waals surface area contributed by atoms with Crippen molar-refractivity contribution < 1.29 is 9.18 Å². The average Bonchev–Trinajstić information content (AvgIpc) is 3.05. The highest BCUT2D eigenvalue weighted by Gasteiger charge is 2.29. The van der Waals surface area contributed by atoms with Crippen molar-refractivity contribution in [3.05, 3.63) is 68.8 Å². The van der Waals surface area contributed by atoms with Gasteiger partial charge in [0.15, 0.2) is 5.17 Å². The highest BCUT2D eigenvalue weighted by Crippen LogP contribution is 2.33. The second-order valence-electron chi connectivity index (χ2n) is 6.40. The standard InChI is InChI=1S/C20H16Cl2FN3OS/c21-14-6-5-13(15(22)12-14)11-18-19(27)24-20(28-18)26-9-7-25(8-10-26)17-4-2-1-3-16(17)23/h1-6,11-12H,7-10H2/b18-11-. The molecule has 28 heavy (non-hydrogen) atoms. The molecule has 0 aromatic heterocycles. The van der Waals surface area contributed by atoms with E-state index < -0.39 is 0 Å². The Kier molecular flexibility index (Phi) is 5.62. The van der Waals surface area contributed by atoms with Crippen LogP contribution < -0.4 is 4.90 Å². The molecule has 0 spiro atoms. The van der Waals surface area contributed by atoms with E-state index in [0.29, 0.717) is 52.0 Å². The third-order valence-corrected chi connectivity index (χ3v) is 6.21. The topological polar surface area (TPSA) is 35.9 Å². The fourth-order valence-corrected chi connectivity index (χ4v) is 4.56. The van der Waals surface area contributed by atoms with Crippen molar-refractivity contribution in [2.75, 3.05) is 31.1 Å². The van der Waals surface area contributed by atoms with Crippen molar-refractivity contribution in [2.24, 2.45) is 4.99 Å². The second kappa shape index (κ2) is 8.15. The lowest BCUT2D eigenvalue weighted by Crippen LogP contribution is -2.48. The maximum absolute atomic E-state index is 14.0. The molecule has 4 rings (SSSR count). The fraction of sp³-hybridized carbons (Fsp3) is 0.200. The summed E-state index contributed by atoms with van der Waals surface area (Å²) in [5, 5.41) is 1.71. The van der Waals surface area contributed by atoms with E-state index in [1.165, 1.54) is 17.8 Å². The van der Waals surface area contributed by atoms with Crippen LogP contribution >= 0.6 is 35.0 Å². The van der Waals surface area contributed by atoms with Crippen molar-refractivity contribution in [2.45, 2.75) is 0 Å². The van der Waals surface area contributed by atoms with Gasteiger partial charge in [0.1, 0.15) is 5.82 Å². The van der Waals surface area contributed by atoms with E-state index in [1.54, 1.807) is 36.4 Å². The molecule has 2 aliphatic heterocycles. The summed E-state index contributed by atoms with van der Waals surface area (Å²) in [5.74, 6) is -0.494. The van der Waals surface area contributed by atoms with Crippen molar-refractivity contribution >= 4 is 57.8 Å². The molecule has 2 aromatic carbocycles. The van der Waals surface area contributed by atoms with Crippen LogP contribution in [0.4, 0.5) is 10.1 Å². The van der Waals surface area contributed by atoms with E-state index in [9.17, 15) is 9.18 Å². The van der Waals surface area contributed by atoms with Crippen LogP contribution in [-0.2, 0) is 4.79 Å². The lowest BCUT2D eigenvalue weighted by Gasteiger charge is -2.36. The monoisotopic (exact) mass is 435 g/mol. The maximum atomic E-state index is 14.0. The summed E-state index contributed by atoms with van der Waals surface area (Å²) in [7, 11) is 0. The summed E-state index contributed by atoms with van der Waals surface area (Å²) in [4.78, 5) is 21.1. The molecular formula is C20H16Cl2FN3OS. The number of carbonyl (C=O) groups is 1. The van der Waals surface area contributed by atoms with Crippen LogP contribution in [0.25, 0.3) is 6.08 Å². The maximum Gasteiger partial charge on any atom is 0.286 e. The molecule has 2 aromatic rings. The summed E-state index contributed by atoms with van der Waals surface area (Å²) in [5.41, 5.74) is 1.33. The Morgan fingerprint density at radius 2 is 1.75 bits per heavy atom. The van der Waals surface area contributed by atoms with Gasteiger partial charge in [0.05, 0.1) is 10.6 Å². The highest BCUT2D eigenvalue weighted by atomic mass is 35.5. The smallest absolute Gasteiger partial charge is 0.286 e. The van der Waals surface area contributed by atoms with Crippen LogP contribution in [0.5, 0.6) is 0 Å². The molecule has 0 radical (unpaired) electrons. The predicted octanol–water partition coefficient (Wildman–Crippen LogP) is 4.93. The third-order valence-electron chi connectivity index (χ3n) is 4.60. The van der Waals surface area contributed by atoms with E-state index in [1.807, 2.05) is 11.0 Å². The Bertz CT molecular complexity index is 987. The lowest BCUT2D eigenvalue weighted by atomic mass is 10.2.